The summed E-state index contributed by atoms with van der Waals surface area (Å²) in [5, 5.41) is 30.6. The number of aliphatic carboxylic acids is 1. The molecule has 0 bridgehead atoms. The Morgan fingerprint density at radius 3 is 2.15 bits per heavy atom. The molecule has 7 rings (SSSR count). The lowest BCUT2D eigenvalue weighted by Crippen LogP contribution is -2.55. The summed E-state index contributed by atoms with van der Waals surface area (Å²) in [4.78, 5) is 41.0. The van der Waals surface area contributed by atoms with Crippen LogP contribution in [0.25, 0.3) is 0 Å². The van der Waals surface area contributed by atoms with Crippen LogP contribution in [-0.4, -0.2) is 136 Å². The van der Waals surface area contributed by atoms with Gasteiger partial charge in [0.05, 0.1) is 70.0 Å². The smallest absolute Gasteiger partial charge is 0.326 e. The van der Waals surface area contributed by atoms with E-state index in [0.29, 0.717) is 30.8 Å². The number of methoxy groups -OCH3 is 4. The lowest BCUT2D eigenvalue weighted by molar-refractivity contribution is -0.152. The van der Waals surface area contributed by atoms with E-state index >= 15 is 0 Å². The van der Waals surface area contributed by atoms with Gasteiger partial charge < -0.3 is 43.9 Å². The number of ether oxygens (including phenoxy) is 5. The van der Waals surface area contributed by atoms with Gasteiger partial charge in [-0.3, -0.25) is 14.9 Å². The Hall–Kier alpha value is -6.19. The van der Waals surface area contributed by atoms with Crippen LogP contribution in [0.1, 0.15) is 95.8 Å². The summed E-state index contributed by atoms with van der Waals surface area (Å²) in [6, 6.07) is 24.4. The molecule has 23 heteroatoms. The number of primary sulfonamides is 1. The number of nitrogens with one attached hydrogen (secondary N) is 3. The highest BCUT2D eigenvalue weighted by atomic mass is 35.5. The first-order valence-electron chi connectivity index (χ1n) is 27.1. The molecule has 1 saturated carbocycles. The van der Waals surface area contributed by atoms with E-state index in [2.05, 4.69) is 53.3 Å². The minimum absolute atomic E-state index is 0.0143. The maximum absolute atomic E-state index is 13.4. The molecule has 1 aliphatic carbocycles. The number of carbonyl (C=O) groups is 3. The van der Waals surface area contributed by atoms with Crippen LogP contribution in [0.4, 0.5) is 5.69 Å². The van der Waals surface area contributed by atoms with Gasteiger partial charge in [0.1, 0.15) is 21.9 Å². The van der Waals surface area contributed by atoms with E-state index in [9.17, 15) is 41.6 Å². The summed E-state index contributed by atoms with van der Waals surface area (Å²) in [6.07, 6.45) is 8.23. The number of anilines is 1. The first-order valence-corrected chi connectivity index (χ1v) is 30.5. The number of amides is 1. The summed E-state index contributed by atoms with van der Waals surface area (Å²) >= 11 is 5.72. The molecule has 1 amide bonds. The average molecular weight is 1180 g/mol. The molecule has 2 heterocycles. The Bertz CT molecular complexity index is 3040. The Morgan fingerprint density at radius 2 is 1.54 bits per heavy atom. The molecule has 0 aromatic heterocycles. The van der Waals surface area contributed by atoms with Crippen molar-refractivity contribution in [1.82, 2.24) is 19.8 Å². The van der Waals surface area contributed by atoms with Crippen LogP contribution >= 0.6 is 11.6 Å². The lowest BCUT2D eigenvalue weighted by Gasteiger charge is -2.35. The van der Waals surface area contributed by atoms with Gasteiger partial charge in [0.15, 0.2) is 23.0 Å². The second-order valence-electron chi connectivity index (χ2n) is 20.6. The Labute approximate surface area is 483 Å². The van der Waals surface area contributed by atoms with Crippen LogP contribution in [0.5, 0.6) is 23.0 Å². The van der Waals surface area contributed by atoms with E-state index in [0.717, 1.165) is 86.7 Å². The number of nitrogens with zero attached hydrogens (tertiary/aromatic N) is 3. The van der Waals surface area contributed by atoms with Crippen molar-refractivity contribution in [3.63, 3.8) is 0 Å². The molecule has 2 aliphatic heterocycles. The molecule has 6 atom stereocenters. The number of carboxylic acids is 1. The molecule has 4 aromatic rings. The largest absolute Gasteiger partial charge is 0.493 e. The van der Waals surface area contributed by atoms with Gasteiger partial charge in [0.25, 0.3) is 0 Å². The van der Waals surface area contributed by atoms with Crippen molar-refractivity contribution in [1.29, 1.82) is 5.26 Å². The molecule has 1 saturated heterocycles. The number of hydrogen-bond donors (Lipinski definition) is 5. The van der Waals surface area contributed by atoms with Crippen LogP contribution < -0.4 is 39.4 Å². The number of fused-ring (bicyclic) bond motifs is 2. The highest BCUT2D eigenvalue weighted by Gasteiger charge is 2.48. The highest BCUT2D eigenvalue weighted by Crippen LogP contribution is 2.42. The van der Waals surface area contributed by atoms with E-state index in [4.69, 9.17) is 40.4 Å². The van der Waals surface area contributed by atoms with Gasteiger partial charge in [-0.15, -0.1) is 0 Å². The molecule has 6 N–H and O–H groups in total. The van der Waals surface area contributed by atoms with Crippen molar-refractivity contribution in [3.8, 4) is 29.1 Å². The third-order valence-electron chi connectivity index (χ3n) is 15.2. The molecule has 444 valence electrons. The van der Waals surface area contributed by atoms with E-state index in [-0.39, 0.29) is 58.6 Å². The molecule has 0 spiro atoms. The Kier molecular flexibility index (Phi) is 24.5. The topological polar surface area (TPSA) is 278 Å². The summed E-state index contributed by atoms with van der Waals surface area (Å²) < 4.78 is 74.7. The maximum Gasteiger partial charge on any atom is 0.326 e. The minimum Gasteiger partial charge on any atom is -0.493 e. The second-order valence-corrected chi connectivity index (χ2v) is 24.3. The molecule has 1 unspecified atom stereocenters. The number of carbonyl (C=O) groups excluding carboxylic acids is 2. The lowest BCUT2D eigenvalue weighted by atomic mass is 9.69. The van der Waals surface area contributed by atoms with E-state index < -0.39 is 54.5 Å². The normalized spacial score (nSPS) is 18.6. The van der Waals surface area contributed by atoms with Crippen LogP contribution in [-0.2, 0) is 57.4 Å². The zero-order valence-electron chi connectivity index (χ0n) is 47.8. The molecule has 2 fully saturated rings. The SMILES string of the molecule is CCOC(=O)[C@H](CCc1ccccc1)N[C@@H](C)C(=O)N1[C@H](C(=O)O)C[C@H]2CCCC[C@@H]21.COc1ccc(CCN(C)CCCC(C#N)(c2ccc(OC)c(OC)c2)C(C)C)cc1OC.NS(=O)(=O)c1cc2c(cc1Cl)NCNS2(=O)=O. The molecule has 3 aliphatic rings. The van der Waals surface area contributed by atoms with Crippen LogP contribution in [0.2, 0.25) is 5.02 Å². The fraction of sp³-hybridized carbons (Fsp3) is 0.517. The first-order chi connectivity index (χ1) is 38.5. The number of nitrogens with two attached hydrogens (primary N) is 1. The van der Waals surface area contributed by atoms with Gasteiger partial charge in [-0.25, -0.2) is 26.8 Å². The number of nitriles is 1. The van der Waals surface area contributed by atoms with Crippen molar-refractivity contribution in [3.05, 3.63) is 101 Å². The van der Waals surface area contributed by atoms with Crippen molar-refractivity contribution in [2.75, 3.05) is 67.2 Å². The molecule has 0 radical (unpaired) electrons. The fourth-order valence-electron chi connectivity index (χ4n) is 10.7. The van der Waals surface area contributed by atoms with Crippen LogP contribution in [0, 0.1) is 23.2 Å². The third kappa shape index (κ3) is 17.2. The monoisotopic (exact) mass is 1180 g/mol. The number of likely N-dealkylation sites (tertiary alicyclic amines) is 1. The second kappa shape index (κ2) is 30.2. The average Bonchev–Trinajstić information content (AvgIpc) is 4.13. The van der Waals surface area contributed by atoms with E-state index in [1.807, 2.05) is 60.7 Å². The number of esters is 1. The van der Waals surface area contributed by atoms with Crippen LogP contribution in [0.3, 0.4) is 0 Å². The molecule has 20 nitrogen and oxygen atoms in total. The summed E-state index contributed by atoms with van der Waals surface area (Å²) in [5.74, 6) is 1.67. The van der Waals surface area contributed by atoms with Gasteiger partial charge in [-0.1, -0.05) is 80.8 Å². The van der Waals surface area contributed by atoms with Gasteiger partial charge in [0.2, 0.25) is 26.0 Å². The first kappa shape index (κ1) is 65.6. The maximum atomic E-state index is 13.4. The van der Waals surface area contributed by atoms with E-state index in [1.165, 1.54) is 11.6 Å². The summed E-state index contributed by atoms with van der Waals surface area (Å²) in [6.45, 7) is 9.81. The zero-order chi connectivity index (χ0) is 59.7. The fourth-order valence-corrected chi connectivity index (χ4v) is 13.0. The number of likely N-dealkylation sites (N-methyl/N-ethyl adjacent to an activating group) is 1. The number of carboxylic acid groups (broad SMARTS) is 1. The van der Waals surface area contributed by atoms with Crippen LogP contribution in [0.15, 0.2) is 88.7 Å². The predicted molar refractivity (Wildman–Crippen MR) is 310 cm³/mol. The summed E-state index contributed by atoms with van der Waals surface area (Å²) in [5.41, 5.74) is 2.95. The number of benzene rings is 4. The molecule has 4 aromatic carbocycles. The highest BCUT2D eigenvalue weighted by molar-refractivity contribution is 7.90. The van der Waals surface area contributed by atoms with Gasteiger partial charge in [-0.2, -0.15) is 9.98 Å². The van der Waals surface area contributed by atoms with Gasteiger partial charge in [-0.05, 0) is 144 Å². The third-order valence-corrected chi connectivity index (χ3v) is 18.0. The van der Waals surface area contributed by atoms with Crippen molar-refractivity contribution in [2.24, 2.45) is 17.0 Å². The number of aryl methyl sites for hydroxylation is 1. The molecular weight excluding hydrogens is 1100 g/mol. The molecular formula is C58H80ClN7O13S2. The number of hydrogen-bond acceptors (Lipinski definition) is 16. The van der Waals surface area contributed by atoms with Crippen molar-refractivity contribution in [2.45, 2.75) is 131 Å². The Balaban J connectivity index is 0.000000234. The standard InChI is InChI=1S/C27H38N2O4.C24H34N2O5.C7H8ClN3O4S2/c1-20(2)27(19-28,22-10-12-24(31-5)26(18-22)33-7)14-8-15-29(3)16-13-21-9-11-23(30-4)25(17-21)32-6;1-3-31-24(30)19(14-13-17-9-5-4-6-10-17)25-16(2)22(27)26-20-12-8-7-11-18(20)15-21(26)23(28)29;8-4-1-5-7(2-6(4)16(9,12)13)17(14,15)11-3-10-5/h9-12,17-18,20H,8,13-16H2,1-7H3;4-6,9-10,16,18-21,25H,3,7-8,11-15H2,1-2H3,(H,28,29);1-2,10-11H,3H2,(H2,9,12,13)/t;16-,18+,19-,20-,21-;/m.0./s1. The summed E-state index contributed by atoms with van der Waals surface area (Å²) in [7, 11) is 0.867. The quantitative estimate of drug-likeness (QED) is 0.0449. The zero-order valence-corrected chi connectivity index (χ0v) is 50.2. The van der Waals surface area contributed by atoms with E-state index in [1.54, 1.807) is 47.2 Å². The van der Waals surface area contributed by atoms with Crippen molar-refractivity contribution < 1.29 is 60.0 Å². The Morgan fingerprint density at radius 1 is 0.901 bits per heavy atom. The number of sulfonamides is 2. The predicted octanol–water partition coefficient (Wildman–Crippen LogP) is 7.52. The number of rotatable bonds is 23. The van der Waals surface area contributed by atoms with Crippen molar-refractivity contribution >= 4 is 55.2 Å². The number of halogens is 1. The minimum atomic E-state index is -4.07. The molecule has 81 heavy (non-hydrogen) atoms. The van der Waals surface area contributed by atoms with Gasteiger partial charge in [0, 0.05) is 12.6 Å². The van der Waals surface area contributed by atoms with Gasteiger partial charge >= 0.3 is 11.9 Å².